The van der Waals surface area contributed by atoms with Crippen LogP contribution in [-0.4, -0.2) is 53.3 Å². The molecule has 0 aromatic rings. The van der Waals surface area contributed by atoms with Gasteiger partial charge >= 0.3 is 0 Å². The predicted molar refractivity (Wildman–Crippen MR) is 93.1 cm³/mol. The Hall–Kier alpha value is -1.63. The highest BCUT2D eigenvalue weighted by atomic mass is 16.2. The fourth-order valence-electron chi connectivity index (χ4n) is 2.76. The molecule has 1 rings (SSSR count). The molecular formula is C17H32N4O3. The molecule has 3 atom stereocenters. The van der Waals surface area contributed by atoms with E-state index in [4.69, 9.17) is 5.73 Å². The van der Waals surface area contributed by atoms with Gasteiger partial charge in [0, 0.05) is 12.1 Å². The lowest BCUT2D eigenvalue weighted by molar-refractivity contribution is -0.139. The number of hydrogen-bond donors (Lipinski definition) is 3. The van der Waals surface area contributed by atoms with Crippen LogP contribution in [0.5, 0.6) is 0 Å². The van der Waals surface area contributed by atoms with E-state index in [1.165, 1.54) is 0 Å². The van der Waals surface area contributed by atoms with E-state index in [0.29, 0.717) is 13.0 Å². The van der Waals surface area contributed by atoms with E-state index in [9.17, 15) is 14.4 Å². The van der Waals surface area contributed by atoms with Crippen LogP contribution in [0.15, 0.2) is 0 Å². The smallest absolute Gasteiger partial charge is 0.243 e. The number of rotatable bonds is 7. The van der Waals surface area contributed by atoms with Crippen molar-refractivity contribution in [3.63, 3.8) is 0 Å². The van der Waals surface area contributed by atoms with E-state index in [-0.39, 0.29) is 29.8 Å². The summed E-state index contributed by atoms with van der Waals surface area (Å²) in [6.45, 7) is 10.5. The maximum absolute atomic E-state index is 12.6. The molecular weight excluding hydrogens is 308 g/mol. The van der Waals surface area contributed by atoms with Gasteiger partial charge in [0.2, 0.25) is 17.7 Å². The molecule has 0 aromatic heterocycles. The van der Waals surface area contributed by atoms with Crippen molar-refractivity contribution in [3.05, 3.63) is 0 Å². The molecule has 7 heteroatoms. The first-order valence-corrected chi connectivity index (χ1v) is 8.71. The van der Waals surface area contributed by atoms with Crippen molar-refractivity contribution in [1.29, 1.82) is 0 Å². The van der Waals surface area contributed by atoms with E-state index >= 15 is 0 Å². The number of nitrogens with zero attached hydrogens (tertiary/aromatic N) is 1. The number of carbonyl (C=O) groups excluding carboxylic acids is 3. The Kier molecular flexibility index (Phi) is 7.20. The third-order valence-electron chi connectivity index (χ3n) is 4.46. The summed E-state index contributed by atoms with van der Waals surface area (Å²) in [5.74, 6) is -0.968. The maximum atomic E-state index is 12.6. The van der Waals surface area contributed by atoms with Crippen molar-refractivity contribution in [2.45, 2.75) is 71.5 Å². The van der Waals surface area contributed by atoms with Gasteiger partial charge in [-0.2, -0.15) is 0 Å². The van der Waals surface area contributed by atoms with Crippen LogP contribution in [0.2, 0.25) is 0 Å². The largest absolute Gasteiger partial charge is 0.368 e. The van der Waals surface area contributed by atoms with Gasteiger partial charge in [0.15, 0.2) is 0 Å². The topological polar surface area (TPSA) is 105 Å². The summed E-state index contributed by atoms with van der Waals surface area (Å²) in [7, 11) is 0. The Morgan fingerprint density at radius 3 is 2.42 bits per heavy atom. The second-order valence-electron chi connectivity index (χ2n) is 7.62. The third kappa shape index (κ3) is 5.78. The Morgan fingerprint density at radius 1 is 1.29 bits per heavy atom. The molecule has 138 valence electrons. The highest BCUT2D eigenvalue weighted by molar-refractivity contribution is 5.92. The minimum Gasteiger partial charge on any atom is -0.368 e. The summed E-state index contributed by atoms with van der Waals surface area (Å²) in [5.41, 5.74) is 5.24. The fourth-order valence-corrected chi connectivity index (χ4v) is 2.76. The lowest BCUT2D eigenvalue weighted by Crippen LogP contribution is -2.55. The fraction of sp³-hybridized carbons (Fsp3) is 0.824. The highest BCUT2D eigenvalue weighted by Gasteiger charge is 2.36. The zero-order valence-corrected chi connectivity index (χ0v) is 15.5. The zero-order chi connectivity index (χ0) is 18.5. The lowest BCUT2D eigenvalue weighted by Gasteiger charge is -2.29. The van der Waals surface area contributed by atoms with E-state index in [2.05, 4.69) is 10.6 Å². The van der Waals surface area contributed by atoms with Crippen LogP contribution in [0.4, 0.5) is 0 Å². The molecule has 7 nitrogen and oxygen atoms in total. The van der Waals surface area contributed by atoms with Gasteiger partial charge < -0.3 is 21.3 Å². The molecule has 0 radical (unpaired) electrons. The van der Waals surface area contributed by atoms with Crippen LogP contribution in [0.1, 0.15) is 53.9 Å². The number of hydrogen-bond acceptors (Lipinski definition) is 4. The molecule has 4 N–H and O–H groups in total. The van der Waals surface area contributed by atoms with Gasteiger partial charge in [-0.25, -0.2) is 0 Å². The minimum absolute atomic E-state index is 0.0421. The molecule has 24 heavy (non-hydrogen) atoms. The summed E-state index contributed by atoms with van der Waals surface area (Å²) in [4.78, 5) is 38.2. The second kappa shape index (κ2) is 8.46. The van der Waals surface area contributed by atoms with Crippen molar-refractivity contribution >= 4 is 17.7 Å². The molecule has 3 amide bonds. The Morgan fingerprint density at radius 2 is 1.92 bits per heavy atom. The molecule has 0 spiro atoms. The predicted octanol–water partition coefficient (Wildman–Crippen LogP) is 0.382. The Bertz CT molecular complexity index is 473. The normalized spacial score (nSPS) is 20.5. The van der Waals surface area contributed by atoms with Gasteiger partial charge in [-0.3, -0.25) is 14.4 Å². The van der Waals surface area contributed by atoms with Gasteiger partial charge in [0.1, 0.15) is 12.1 Å². The minimum atomic E-state index is -0.701. The average molecular weight is 340 g/mol. The van der Waals surface area contributed by atoms with E-state index in [1.54, 1.807) is 4.90 Å². The SMILES string of the molecule is CC[C@H](C)[C@H](NC(=O)[C@@H]1CCCN1C(=O)CNC(C)(C)C)C(N)=O. The molecule has 0 bridgehead atoms. The zero-order valence-electron chi connectivity index (χ0n) is 15.5. The van der Waals surface area contributed by atoms with Crippen molar-refractivity contribution in [2.75, 3.05) is 13.1 Å². The van der Waals surface area contributed by atoms with Crippen LogP contribution in [-0.2, 0) is 14.4 Å². The standard InChI is InChI=1S/C17H32N4O3/c1-6-11(2)14(15(18)23)20-16(24)12-8-7-9-21(12)13(22)10-19-17(3,4)5/h11-12,14,19H,6-10H2,1-5H3,(H2,18,23)(H,20,24)/t11-,12-,14-/m0/s1. The number of nitrogens with one attached hydrogen (secondary N) is 2. The number of amides is 3. The number of nitrogens with two attached hydrogens (primary N) is 1. The summed E-state index contributed by atoms with van der Waals surface area (Å²) in [6, 6.07) is -1.22. The van der Waals surface area contributed by atoms with Gasteiger partial charge in [0.05, 0.1) is 6.54 Å². The molecule has 1 saturated heterocycles. The summed E-state index contributed by atoms with van der Waals surface area (Å²) in [6.07, 6.45) is 2.12. The summed E-state index contributed by atoms with van der Waals surface area (Å²) in [5, 5.41) is 5.89. The van der Waals surface area contributed by atoms with Crippen molar-refractivity contribution in [3.8, 4) is 0 Å². The maximum Gasteiger partial charge on any atom is 0.243 e. The first-order valence-electron chi connectivity index (χ1n) is 8.71. The number of likely N-dealkylation sites (tertiary alicyclic amines) is 1. The first kappa shape index (κ1) is 20.4. The molecule has 1 aliphatic rings. The molecule has 0 aromatic carbocycles. The number of carbonyl (C=O) groups is 3. The van der Waals surface area contributed by atoms with Crippen LogP contribution < -0.4 is 16.4 Å². The third-order valence-corrected chi connectivity index (χ3v) is 4.46. The van der Waals surface area contributed by atoms with Crippen LogP contribution in [0, 0.1) is 5.92 Å². The van der Waals surface area contributed by atoms with Crippen LogP contribution >= 0.6 is 0 Å². The van der Waals surface area contributed by atoms with Crippen molar-refractivity contribution in [1.82, 2.24) is 15.5 Å². The summed E-state index contributed by atoms with van der Waals surface area (Å²) >= 11 is 0. The van der Waals surface area contributed by atoms with Crippen molar-refractivity contribution < 1.29 is 14.4 Å². The van der Waals surface area contributed by atoms with E-state index in [0.717, 1.165) is 12.8 Å². The Labute approximate surface area is 144 Å². The second-order valence-corrected chi connectivity index (χ2v) is 7.62. The van der Waals surface area contributed by atoms with Crippen LogP contribution in [0.25, 0.3) is 0 Å². The van der Waals surface area contributed by atoms with Crippen molar-refractivity contribution in [2.24, 2.45) is 11.7 Å². The first-order chi connectivity index (χ1) is 11.1. The lowest BCUT2D eigenvalue weighted by atomic mass is 9.98. The monoisotopic (exact) mass is 340 g/mol. The van der Waals surface area contributed by atoms with Gasteiger partial charge in [-0.15, -0.1) is 0 Å². The van der Waals surface area contributed by atoms with E-state index in [1.807, 2.05) is 34.6 Å². The van der Waals surface area contributed by atoms with Crippen LogP contribution in [0.3, 0.4) is 0 Å². The van der Waals surface area contributed by atoms with Gasteiger partial charge in [-0.05, 0) is 39.5 Å². The number of primary amides is 1. The molecule has 0 saturated carbocycles. The van der Waals surface area contributed by atoms with Gasteiger partial charge in [-0.1, -0.05) is 20.3 Å². The summed E-state index contributed by atoms with van der Waals surface area (Å²) < 4.78 is 0. The Balaban J connectivity index is 2.71. The molecule has 0 aliphatic carbocycles. The molecule has 1 heterocycles. The molecule has 0 unspecified atom stereocenters. The average Bonchev–Trinajstić information content (AvgIpc) is 2.97. The highest BCUT2D eigenvalue weighted by Crippen LogP contribution is 2.18. The molecule has 1 aliphatic heterocycles. The molecule has 1 fully saturated rings. The van der Waals surface area contributed by atoms with Gasteiger partial charge in [0.25, 0.3) is 0 Å². The quantitative estimate of drug-likeness (QED) is 0.623. The van der Waals surface area contributed by atoms with E-state index < -0.39 is 18.0 Å².